The molecular weight excluding hydrogens is 232 g/mol. The number of hydrogen-bond acceptors (Lipinski definition) is 3. The van der Waals surface area contributed by atoms with Gasteiger partial charge in [0.05, 0.1) is 11.3 Å². The second-order valence-electron chi connectivity index (χ2n) is 4.02. The first-order valence-corrected chi connectivity index (χ1v) is 6.57. The van der Waals surface area contributed by atoms with E-state index < -0.39 is 0 Å². The van der Waals surface area contributed by atoms with Gasteiger partial charge in [-0.05, 0) is 24.5 Å². The van der Waals surface area contributed by atoms with Crippen LogP contribution in [0.2, 0.25) is 0 Å². The Hall–Kier alpha value is -1.47. The van der Waals surface area contributed by atoms with Crippen molar-refractivity contribution in [2.24, 2.45) is 0 Å². The van der Waals surface area contributed by atoms with E-state index in [9.17, 15) is 4.79 Å². The fourth-order valence-electron chi connectivity index (χ4n) is 1.82. The molecule has 1 aliphatic rings. The first-order valence-electron chi connectivity index (χ1n) is 5.69. The van der Waals surface area contributed by atoms with E-state index in [0.717, 1.165) is 6.42 Å². The maximum atomic E-state index is 12.0. The standard InChI is InChI=1S/C13H14N2OS/c1-2-10(8-14)15-13(16)12-7-9-5-3-4-6-11(9)17-12/h3-6,10,12H,2,7H2,1H3,(H,15,16). The highest BCUT2D eigenvalue weighted by Gasteiger charge is 2.28. The molecule has 4 heteroatoms. The highest BCUT2D eigenvalue weighted by atomic mass is 32.2. The summed E-state index contributed by atoms with van der Waals surface area (Å²) in [5, 5.41) is 11.5. The molecule has 2 unspecified atom stereocenters. The van der Waals surface area contributed by atoms with Gasteiger partial charge in [0, 0.05) is 4.90 Å². The van der Waals surface area contributed by atoms with E-state index in [1.165, 1.54) is 10.5 Å². The van der Waals surface area contributed by atoms with E-state index in [4.69, 9.17) is 5.26 Å². The number of fused-ring (bicyclic) bond motifs is 1. The summed E-state index contributed by atoms with van der Waals surface area (Å²) in [7, 11) is 0. The smallest absolute Gasteiger partial charge is 0.234 e. The molecule has 0 aromatic heterocycles. The van der Waals surface area contributed by atoms with Gasteiger partial charge in [-0.25, -0.2) is 0 Å². The number of carbonyl (C=O) groups is 1. The van der Waals surface area contributed by atoms with Gasteiger partial charge in [-0.1, -0.05) is 25.1 Å². The van der Waals surface area contributed by atoms with Crippen molar-refractivity contribution in [1.82, 2.24) is 5.32 Å². The number of hydrogen-bond donors (Lipinski definition) is 1. The van der Waals surface area contributed by atoms with Crippen LogP contribution in [0.15, 0.2) is 29.2 Å². The van der Waals surface area contributed by atoms with Crippen LogP contribution in [0.4, 0.5) is 0 Å². The third-order valence-corrected chi connectivity index (χ3v) is 4.14. The average molecular weight is 246 g/mol. The zero-order chi connectivity index (χ0) is 12.3. The zero-order valence-corrected chi connectivity index (χ0v) is 10.5. The quantitative estimate of drug-likeness (QED) is 0.888. The van der Waals surface area contributed by atoms with Crippen LogP contribution in [0.5, 0.6) is 0 Å². The molecule has 88 valence electrons. The molecule has 1 aromatic rings. The van der Waals surface area contributed by atoms with Crippen LogP contribution in [0, 0.1) is 11.3 Å². The minimum atomic E-state index is -0.369. The van der Waals surface area contributed by atoms with Gasteiger partial charge in [-0.15, -0.1) is 11.8 Å². The normalized spacial score (nSPS) is 19.2. The number of nitriles is 1. The topological polar surface area (TPSA) is 52.9 Å². The average Bonchev–Trinajstić information content (AvgIpc) is 2.79. The molecular formula is C13H14N2OS. The van der Waals surface area contributed by atoms with Crippen molar-refractivity contribution < 1.29 is 4.79 Å². The van der Waals surface area contributed by atoms with Crippen LogP contribution in [-0.4, -0.2) is 17.2 Å². The van der Waals surface area contributed by atoms with Gasteiger partial charge in [0.25, 0.3) is 0 Å². The maximum absolute atomic E-state index is 12.0. The van der Waals surface area contributed by atoms with Gasteiger partial charge in [0.15, 0.2) is 0 Å². The van der Waals surface area contributed by atoms with Crippen molar-refractivity contribution in [1.29, 1.82) is 5.26 Å². The Morgan fingerprint density at radius 1 is 1.65 bits per heavy atom. The van der Waals surface area contributed by atoms with Gasteiger partial charge in [0.1, 0.15) is 6.04 Å². The van der Waals surface area contributed by atoms with Crippen molar-refractivity contribution >= 4 is 17.7 Å². The van der Waals surface area contributed by atoms with Crippen molar-refractivity contribution in [2.45, 2.75) is 36.0 Å². The first kappa shape index (κ1) is 12.0. The van der Waals surface area contributed by atoms with Crippen molar-refractivity contribution in [2.75, 3.05) is 0 Å². The van der Waals surface area contributed by atoms with Crippen LogP contribution in [0.25, 0.3) is 0 Å². The molecule has 0 bridgehead atoms. The molecule has 2 atom stereocenters. The number of carbonyl (C=O) groups excluding carboxylic acids is 1. The fraction of sp³-hybridized carbons (Fsp3) is 0.385. The highest BCUT2D eigenvalue weighted by molar-refractivity contribution is 8.01. The van der Waals surface area contributed by atoms with Crippen molar-refractivity contribution in [3.63, 3.8) is 0 Å². The molecule has 1 N–H and O–H groups in total. The predicted octanol–water partition coefficient (Wildman–Crippen LogP) is 2.12. The Morgan fingerprint density at radius 3 is 3.06 bits per heavy atom. The van der Waals surface area contributed by atoms with E-state index >= 15 is 0 Å². The van der Waals surface area contributed by atoms with Gasteiger partial charge in [0.2, 0.25) is 5.91 Å². The zero-order valence-electron chi connectivity index (χ0n) is 9.64. The molecule has 0 radical (unpaired) electrons. The Morgan fingerprint density at radius 2 is 2.41 bits per heavy atom. The third-order valence-electron chi connectivity index (χ3n) is 2.82. The first-order chi connectivity index (χ1) is 8.24. The second kappa shape index (κ2) is 5.24. The molecule has 0 spiro atoms. The molecule has 1 heterocycles. The molecule has 17 heavy (non-hydrogen) atoms. The highest BCUT2D eigenvalue weighted by Crippen LogP contribution is 2.36. The number of benzene rings is 1. The molecule has 3 nitrogen and oxygen atoms in total. The Labute approximate surface area is 105 Å². The lowest BCUT2D eigenvalue weighted by atomic mass is 10.1. The predicted molar refractivity (Wildman–Crippen MR) is 67.6 cm³/mol. The Kier molecular flexibility index (Phi) is 3.70. The third kappa shape index (κ3) is 2.62. The summed E-state index contributed by atoms with van der Waals surface area (Å²) in [6, 6.07) is 9.78. The molecule has 0 saturated heterocycles. The molecule has 0 aliphatic carbocycles. The lowest BCUT2D eigenvalue weighted by Gasteiger charge is -2.12. The van der Waals surface area contributed by atoms with Crippen LogP contribution in [0.3, 0.4) is 0 Å². The monoisotopic (exact) mass is 246 g/mol. The summed E-state index contributed by atoms with van der Waals surface area (Å²) in [6.07, 6.45) is 1.40. The van der Waals surface area contributed by atoms with Gasteiger partial charge in [-0.3, -0.25) is 4.79 Å². The van der Waals surface area contributed by atoms with E-state index in [1.807, 2.05) is 25.1 Å². The van der Waals surface area contributed by atoms with E-state index in [0.29, 0.717) is 6.42 Å². The summed E-state index contributed by atoms with van der Waals surface area (Å²) in [5.74, 6) is -0.0281. The lowest BCUT2D eigenvalue weighted by molar-refractivity contribution is -0.120. The molecule has 1 aliphatic heterocycles. The van der Waals surface area contributed by atoms with Crippen LogP contribution >= 0.6 is 11.8 Å². The van der Waals surface area contributed by atoms with E-state index in [2.05, 4.69) is 17.5 Å². The number of amides is 1. The van der Waals surface area contributed by atoms with Crippen LogP contribution in [0.1, 0.15) is 18.9 Å². The summed E-state index contributed by atoms with van der Waals surface area (Å²) >= 11 is 1.59. The fourth-order valence-corrected chi connectivity index (χ4v) is 3.02. The Balaban J connectivity index is 1.99. The lowest BCUT2D eigenvalue weighted by Crippen LogP contribution is -2.39. The summed E-state index contributed by atoms with van der Waals surface area (Å²) < 4.78 is 0. The van der Waals surface area contributed by atoms with Crippen LogP contribution < -0.4 is 5.32 Å². The molecule has 0 saturated carbocycles. The van der Waals surface area contributed by atoms with E-state index in [-0.39, 0.29) is 17.2 Å². The largest absolute Gasteiger partial charge is 0.339 e. The molecule has 1 aromatic carbocycles. The van der Waals surface area contributed by atoms with Gasteiger partial charge in [-0.2, -0.15) is 5.26 Å². The van der Waals surface area contributed by atoms with Crippen molar-refractivity contribution in [3.05, 3.63) is 29.8 Å². The SMILES string of the molecule is CCC(C#N)NC(=O)C1Cc2ccccc2S1. The Bertz CT molecular complexity index is 442. The molecule has 1 amide bonds. The summed E-state index contributed by atoms with van der Waals surface area (Å²) in [4.78, 5) is 13.1. The number of rotatable bonds is 3. The van der Waals surface area contributed by atoms with Crippen molar-refractivity contribution in [3.8, 4) is 6.07 Å². The van der Waals surface area contributed by atoms with E-state index in [1.54, 1.807) is 11.8 Å². The molecule has 2 rings (SSSR count). The van der Waals surface area contributed by atoms with Gasteiger partial charge < -0.3 is 5.32 Å². The number of nitrogens with zero attached hydrogens (tertiary/aromatic N) is 1. The minimum absolute atomic E-state index is 0.0281. The number of nitrogens with one attached hydrogen (secondary N) is 1. The summed E-state index contributed by atoms with van der Waals surface area (Å²) in [6.45, 7) is 1.89. The number of thioether (sulfide) groups is 1. The van der Waals surface area contributed by atoms with Gasteiger partial charge >= 0.3 is 0 Å². The summed E-state index contributed by atoms with van der Waals surface area (Å²) in [5.41, 5.74) is 1.22. The minimum Gasteiger partial charge on any atom is -0.339 e. The maximum Gasteiger partial charge on any atom is 0.234 e. The molecule has 0 fully saturated rings. The second-order valence-corrected chi connectivity index (χ2v) is 5.26. The van der Waals surface area contributed by atoms with Crippen LogP contribution in [-0.2, 0) is 11.2 Å².